The topological polar surface area (TPSA) is 157 Å². The number of carbonyl (C=O) groups is 1. The molecule has 1 saturated carbocycles. The highest BCUT2D eigenvalue weighted by atomic mass is 32.2. The van der Waals surface area contributed by atoms with E-state index in [9.17, 15) is 22.7 Å². The number of nitrogens with zero attached hydrogens (tertiary/aromatic N) is 2. The molecular weight excluding hydrogens is 549 g/mol. The summed E-state index contributed by atoms with van der Waals surface area (Å²) in [6, 6.07) is 11.3. The molecule has 0 bridgehead atoms. The largest absolute Gasteiger partial charge is 0.493 e. The molecule has 2 heterocycles. The number of anilines is 2. The van der Waals surface area contributed by atoms with Crippen molar-refractivity contribution in [2.75, 3.05) is 24.2 Å². The molecule has 1 aliphatic rings. The number of sulfonamides is 1. The number of benzene rings is 1. The van der Waals surface area contributed by atoms with E-state index >= 15 is 0 Å². The fraction of sp³-hybridized carbons (Fsp3) is 0.414. The van der Waals surface area contributed by atoms with E-state index in [0.717, 1.165) is 12.8 Å². The Balaban J connectivity index is 1.67. The van der Waals surface area contributed by atoms with Crippen LogP contribution in [0.15, 0.2) is 53.6 Å². The molecule has 1 aromatic carbocycles. The zero-order chi connectivity index (χ0) is 30.0. The van der Waals surface area contributed by atoms with Gasteiger partial charge in [-0.1, -0.05) is 19.9 Å². The summed E-state index contributed by atoms with van der Waals surface area (Å²) in [5, 5.41) is 13.2. The Hall–Kier alpha value is -3.77. The van der Waals surface area contributed by atoms with E-state index in [4.69, 9.17) is 10.5 Å². The molecular formula is C29H36FN5O5S. The fourth-order valence-corrected chi connectivity index (χ4v) is 5.53. The Bertz CT molecular complexity index is 1530. The average molecular weight is 586 g/mol. The minimum Gasteiger partial charge on any atom is -0.493 e. The minimum atomic E-state index is -4.33. The predicted octanol–water partition coefficient (Wildman–Crippen LogP) is 4.37. The van der Waals surface area contributed by atoms with Crippen LogP contribution in [0.4, 0.5) is 16.0 Å². The Morgan fingerprint density at radius 3 is 2.54 bits per heavy atom. The summed E-state index contributed by atoms with van der Waals surface area (Å²) in [7, 11) is -4.33. The van der Waals surface area contributed by atoms with Crippen LogP contribution in [0.1, 0.15) is 57.3 Å². The molecule has 0 spiro atoms. The first-order valence-corrected chi connectivity index (χ1v) is 14.8. The van der Waals surface area contributed by atoms with Gasteiger partial charge >= 0.3 is 0 Å². The molecule has 220 valence electrons. The third-order valence-electron chi connectivity index (χ3n) is 6.53. The van der Waals surface area contributed by atoms with Crippen LogP contribution in [0, 0.1) is 17.2 Å². The molecule has 1 aliphatic carbocycles. The molecule has 10 nitrogen and oxygen atoms in total. The van der Waals surface area contributed by atoms with Crippen LogP contribution in [0.2, 0.25) is 0 Å². The highest BCUT2D eigenvalue weighted by molar-refractivity contribution is 7.90. The van der Waals surface area contributed by atoms with Crippen molar-refractivity contribution in [3.63, 3.8) is 0 Å². The summed E-state index contributed by atoms with van der Waals surface area (Å²) in [5.74, 6) is -0.750. The van der Waals surface area contributed by atoms with E-state index in [1.807, 2.05) is 18.6 Å². The number of nitrogen functional groups attached to an aromatic ring is 1. The van der Waals surface area contributed by atoms with Gasteiger partial charge in [0.15, 0.2) is 5.03 Å². The van der Waals surface area contributed by atoms with Gasteiger partial charge in [0.25, 0.3) is 15.9 Å². The molecule has 4 rings (SSSR count). The minimum absolute atomic E-state index is 0.0120. The van der Waals surface area contributed by atoms with E-state index in [1.165, 1.54) is 42.5 Å². The van der Waals surface area contributed by atoms with Crippen molar-refractivity contribution in [3.05, 3.63) is 59.9 Å². The van der Waals surface area contributed by atoms with Crippen molar-refractivity contribution in [1.82, 2.24) is 14.7 Å². The van der Waals surface area contributed by atoms with Crippen LogP contribution in [-0.2, 0) is 10.0 Å². The van der Waals surface area contributed by atoms with E-state index in [2.05, 4.69) is 15.3 Å². The third kappa shape index (κ3) is 8.14. The van der Waals surface area contributed by atoms with Crippen molar-refractivity contribution in [3.8, 4) is 17.0 Å². The van der Waals surface area contributed by atoms with Crippen LogP contribution in [0.5, 0.6) is 5.75 Å². The molecule has 0 unspecified atom stereocenters. The maximum Gasteiger partial charge on any atom is 0.281 e. The molecule has 0 saturated heterocycles. The number of hydrogen-bond donors (Lipinski definition) is 4. The molecule has 1 fully saturated rings. The van der Waals surface area contributed by atoms with Crippen LogP contribution < -0.4 is 20.5 Å². The lowest BCUT2D eigenvalue weighted by Crippen LogP contribution is -2.33. The lowest BCUT2D eigenvalue weighted by molar-refractivity contribution is 0.0497. The number of hydrogen-bond acceptors (Lipinski definition) is 9. The van der Waals surface area contributed by atoms with Gasteiger partial charge in [0.05, 0.1) is 23.5 Å². The van der Waals surface area contributed by atoms with Gasteiger partial charge in [-0.05, 0) is 80.8 Å². The van der Waals surface area contributed by atoms with Gasteiger partial charge in [-0.25, -0.2) is 19.1 Å². The molecule has 1 amide bonds. The number of aromatic nitrogens is 2. The highest BCUT2D eigenvalue weighted by Gasteiger charge is 2.45. The Morgan fingerprint density at radius 2 is 1.90 bits per heavy atom. The summed E-state index contributed by atoms with van der Waals surface area (Å²) in [4.78, 5) is 21.7. The SMILES string of the molecule is CC(C)COc1cc(F)cc(-c2ccc(C(=O)NS(=O)(=O)c3cccc(N)n3)c(NCC3(CC(C)(C)O)CC3)n2)c1. The summed E-state index contributed by atoms with van der Waals surface area (Å²) in [6.07, 6.45) is 2.28. The first-order chi connectivity index (χ1) is 19.1. The maximum atomic E-state index is 14.5. The Morgan fingerprint density at radius 1 is 1.17 bits per heavy atom. The van der Waals surface area contributed by atoms with Crippen LogP contribution in [-0.4, -0.2) is 48.2 Å². The van der Waals surface area contributed by atoms with E-state index in [0.29, 0.717) is 36.6 Å². The van der Waals surface area contributed by atoms with Gasteiger partial charge in [0.1, 0.15) is 23.2 Å². The smallest absolute Gasteiger partial charge is 0.281 e. The number of ether oxygens (including phenoxy) is 1. The second kappa shape index (κ2) is 11.6. The van der Waals surface area contributed by atoms with Crippen molar-refractivity contribution in [1.29, 1.82) is 0 Å². The fourth-order valence-electron chi connectivity index (χ4n) is 4.59. The molecule has 3 aromatic rings. The quantitative estimate of drug-likeness (QED) is 0.242. The van der Waals surface area contributed by atoms with Crippen molar-refractivity contribution >= 4 is 27.6 Å². The average Bonchev–Trinajstić information content (AvgIpc) is 3.63. The number of aliphatic hydroxyl groups is 1. The normalized spacial score (nSPS) is 14.5. The first-order valence-electron chi connectivity index (χ1n) is 13.4. The number of amides is 1. The Labute approximate surface area is 239 Å². The summed E-state index contributed by atoms with van der Waals surface area (Å²) in [6.45, 7) is 8.24. The van der Waals surface area contributed by atoms with E-state index in [-0.39, 0.29) is 28.5 Å². The highest BCUT2D eigenvalue weighted by Crippen LogP contribution is 2.51. The molecule has 2 aromatic heterocycles. The molecule has 0 radical (unpaired) electrons. The summed E-state index contributed by atoms with van der Waals surface area (Å²) >= 11 is 0. The lowest BCUT2D eigenvalue weighted by Gasteiger charge is -2.25. The standard InChI is InChI=1S/C29H36FN5O5S/c1-18(2)15-40-21-13-19(12-20(30)14-21)23-9-8-22(26(33-23)32-17-29(10-11-29)16-28(3,4)37)27(36)35-41(38,39)25-7-5-6-24(31)34-25/h5-9,12-14,18,37H,10-11,15-17H2,1-4H3,(H2,31,34)(H,32,33)(H,35,36). The van der Waals surface area contributed by atoms with Gasteiger partial charge in [-0.3, -0.25) is 4.79 Å². The second-order valence-electron chi connectivity index (χ2n) is 11.7. The van der Waals surface area contributed by atoms with E-state index < -0.39 is 32.4 Å². The number of carbonyl (C=O) groups excluding carboxylic acids is 1. The Kier molecular flexibility index (Phi) is 8.55. The molecule has 0 atom stereocenters. The number of rotatable bonds is 12. The van der Waals surface area contributed by atoms with Crippen molar-refractivity contribution < 1.29 is 27.4 Å². The van der Waals surface area contributed by atoms with Crippen molar-refractivity contribution in [2.45, 2.75) is 57.6 Å². The molecule has 0 aliphatic heterocycles. The first kappa shape index (κ1) is 30.2. The lowest BCUT2D eigenvalue weighted by atomic mass is 9.91. The van der Waals surface area contributed by atoms with Crippen LogP contribution in [0.25, 0.3) is 11.3 Å². The number of halogens is 1. The third-order valence-corrected chi connectivity index (χ3v) is 7.77. The van der Waals surface area contributed by atoms with Gasteiger partial charge in [0, 0.05) is 18.2 Å². The second-order valence-corrected chi connectivity index (χ2v) is 13.3. The molecule has 12 heteroatoms. The molecule has 41 heavy (non-hydrogen) atoms. The molecule has 5 N–H and O–H groups in total. The monoisotopic (exact) mass is 585 g/mol. The van der Waals surface area contributed by atoms with E-state index in [1.54, 1.807) is 19.9 Å². The zero-order valence-corrected chi connectivity index (χ0v) is 24.4. The maximum absolute atomic E-state index is 14.5. The number of nitrogens with one attached hydrogen (secondary N) is 2. The van der Waals surface area contributed by atoms with Gasteiger partial charge in [-0.2, -0.15) is 8.42 Å². The zero-order valence-electron chi connectivity index (χ0n) is 23.6. The van der Waals surface area contributed by atoms with Crippen molar-refractivity contribution in [2.24, 2.45) is 11.3 Å². The number of pyridine rings is 2. The van der Waals surface area contributed by atoms with Crippen LogP contribution >= 0.6 is 0 Å². The van der Waals surface area contributed by atoms with Gasteiger partial charge in [0.2, 0.25) is 0 Å². The number of nitrogens with two attached hydrogens (primary N) is 1. The summed E-state index contributed by atoms with van der Waals surface area (Å²) in [5.41, 5.74) is 5.27. The van der Waals surface area contributed by atoms with Gasteiger partial charge in [-0.15, -0.1) is 0 Å². The van der Waals surface area contributed by atoms with Crippen LogP contribution in [0.3, 0.4) is 0 Å². The van der Waals surface area contributed by atoms with Gasteiger partial charge < -0.3 is 20.9 Å². The predicted molar refractivity (Wildman–Crippen MR) is 154 cm³/mol. The summed E-state index contributed by atoms with van der Waals surface area (Å²) < 4.78 is 48.0.